The van der Waals surface area contributed by atoms with Crippen LogP contribution < -0.4 is 5.73 Å². The molecule has 0 aliphatic heterocycles. The van der Waals surface area contributed by atoms with Crippen molar-refractivity contribution in [1.29, 1.82) is 0 Å². The quantitative estimate of drug-likeness (QED) is 0.737. The molecule has 0 spiro atoms. The van der Waals surface area contributed by atoms with Crippen molar-refractivity contribution < 1.29 is 5.11 Å². The maximum Gasteiger partial charge on any atom is 0.115 e. The number of rotatable bonds is 0. The van der Waals surface area contributed by atoms with E-state index in [-0.39, 0.29) is 11.5 Å². The van der Waals surface area contributed by atoms with Gasteiger partial charge < -0.3 is 10.8 Å². The summed E-state index contributed by atoms with van der Waals surface area (Å²) >= 11 is 0. The van der Waals surface area contributed by atoms with Crippen LogP contribution in [0.2, 0.25) is 0 Å². The SMILES string of the molecule is C[C@@]12CCCCCC(Cc3ccc(O)cc31)[C@H]2N. The Morgan fingerprint density at radius 1 is 1.28 bits per heavy atom. The van der Waals surface area contributed by atoms with Crippen LogP contribution in [0.4, 0.5) is 0 Å². The van der Waals surface area contributed by atoms with Gasteiger partial charge in [-0.25, -0.2) is 0 Å². The Morgan fingerprint density at radius 3 is 2.94 bits per heavy atom. The van der Waals surface area contributed by atoms with Crippen molar-refractivity contribution in [2.24, 2.45) is 11.7 Å². The molecule has 0 aromatic heterocycles. The number of phenols is 1. The fourth-order valence-electron chi connectivity index (χ4n) is 4.04. The van der Waals surface area contributed by atoms with E-state index in [9.17, 15) is 5.11 Å². The number of nitrogens with two attached hydrogens (primary N) is 1. The number of benzene rings is 1. The zero-order chi connectivity index (χ0) is 12.8. The van der Waals surface area contributed by atoms with Gasteiger partial charge in [-0.05, 0) is 48.4 Å². The highest BCUT2D eigenvalue weighted by Crippen LogP contribution is 2.46. The molecule has 3 rings (SSSR count). The van der Waals surface area contributed by atoms with Crippen molar-refractivity contribution in [3.05, 3.63) is 29.3 Å². The molecule has 1 saturated carbocycles. The molecule has 1 aromatic carbocycles. The van der Waals surface area contributed by atoms with Gasteiger partial charge in [-0.1, -0.05) is 32.3 Å². The average molecular weight is 245 g/mol. The molecule has 18 heavy (non-hydrogen) atoms. The summed E-state index contributed by atoms with van der Waals surface area (Å²) in [6, 6.07) is 6.11. The molecule has 3 atom stereocenters. The molecule has 3 N–H and O–H groups in total. The van der Waals surface area contributed by atoms with E-state index >= 15 is 0 Å². The lowest BCUT2D eigenvalue weighted by Gasteiger charge is -2.47. The lowest BCUT2D eigenvalue weighted by atomic mass is 9.60. The fourth-order valence-corrected chi connectivity index (χ4v) is 4.04. The molecule has 2 bridgehead atoms. The fraction of sp³-hybridized carbons (Fsp3) is 0.625. The molecule has 1 aromatic rings. The summed E-state index contributed by atoms with van der Waals surface area (Å²) in [7, 11) is 0. The Labute approximate surface area is 109 Å². The van der Waals surface area contributed by atoms with E-state index in [0.717, 1.165) is 12.8 Å². The largest absolute Gasteiger partial charge is 0.508 e. The third-order valence-electron chi connectivity index (χ3n) is 5.21. The lowest BCUT2D eigenvalue weighted by molar-refractivity contribution is 0.201. The summed E-state index contributed by atoms with van der Waals surface area (Å²) in [6.45, 7) is 2.30. The van der Waals surface area contributed by atoms with Gasteiger partial charge >= 0.3 is 0 Å². The number of aromatic hydroxyl groups is 1. The predicted molar refractivity (Wildman–Crippen MR) is 73.7 cm³/mol. The number of hydrogen-bond donors (Lipinski definition) is 2. The highest BCUT2D eigenvalue weighted by Gasteiger charge is 2.43. The van der Waals surface area contributed by atoms with Gasteiger partial charge in [0.1, 0.15) is 5.75 Å². The van der Waals surface area contributed by atoms with E-state index in [1.54, 1.807) is 0 Å². The standard InChI is InChI=1S/C16H23NO/c1-16-8-4-2-3-5-12(15(16)17)9-11-6-7-13(18)10-14(11)16/h6-7,10,12,15,18H,2-5,8-9,17H2,1H3/t12?,15-,16-/m1/s1. The number of fused-ring (bicyclic) bond motifs is 4. The first-order chi connectivity index (χ1) is 8.61. The Bertz CT molecular complexity index is 456. The van der Waals surface area contributed by atoms with Gasteiger partial charge in [0, 0.05) is 11.5 Å². The van der Waals surface area contributed by atoms with Gasteiger partial charge in [0.2, 0.25) is 0 Å². The van der Waals surface area contributed by atoms with E-state index in [1.165, 1.54) is 36.8 Å². The van der Waals surface area contributed by atoms with E-state index in [1.807, 2.05) is 12.1 Å². The van der Waals surface area contributed by atoms with Crippen molar-refractivity contribution in [2.45, 2.75) is 56.9 Å². The molecule has 1 unspecified atom stereocenters. The minimum absolute atomic E-state index is 0.0530. The van der Waals surface area contributed by atoms with Crippen molar-refractivity contribution in [1.82, 2.24) is 0 Å². The minimum atomic E-state index is 0.0530. The van der Waals surface area contributed by atoms with Crippen molar-refractivity contribution in [3.63, 3.8) is 0 Å². The smallest absolute Gasteiger partial charge is 0.115 e. The van der Waals surface area contributed by atoms with Gasteiger partial charge in [0.15, 0.2) is 0 Å². The first kappa shape index (κ1) is 12.0. The Hall–Kier alpha value is -1.02. The maximum absolute atomic E-state index is 9.77. The van der Waals surface area contributed by atoms with Crippen LogP contribution in [-0.4, -0.2) is 11.1 Å². The lowest BCUT2D eigenvalue weighted by Crippen LogP contribution is -2.52. The van der Waals surface area contributed by atoms with Crippen LogP contribution in [0.25, 0.3) is 0 Å². The monoisotopic (exact) mass is 245 g/mol. The van der Waals surface area contributed by atoms with Crippen molar-refractivity contribution >= 4 is 0 Å². The molecular weight excluding hydrogens is 222 g/mol. The molecule has 0 saturated heterocycles. The molecule has 2 heteroatoms. The highest BCUT2D eigenvalue weighted by molar-refractivity contribution is 5.43. The molecule has 0 amide bonds. The molecular formula is C16H23NO. The van der Waals surface area contributed by atoms with Crippen LogP contribution in [0.15, 0.2) is 18.2 Å². The Balaban J connectivity index is 2.11. The van der Waals surface area contributed by atoms with Crippen molar-refractivity contribution in [3.8, 4) is 5.75 Å². The predicted octanol–water partition coefficient (Wildman–Crippen LogP) is 3.11. The number of hydrogen-bond acceptors (Lipinski definition) is 2. The van der Waals surface area contributed by atoms with Gasteiger partial charge in [-0.15, -0.1) is 0 Å². The first-order valence-corrected chi connectivity index (χ1v) is 7.19. The zero-order valence-corrected chi connectivity index (χ0v) is 11.2. The zero-order valence-electron chi connectivity index (χ0n) is 11.2. The van der Waals surface area contributed by atoms with Gasteiger partial charge in [0.05, 0.1) is 0 Å². The molecule has 98 valence electrons. The topological polar surface area (TPSA) is 46.2 Å². The normalized spacial score (nSPS) is 35.4. The molecule has 2 nitrogen and oxygen atoms in total. The molecule has 0 heterocycles. The second kappa shape index (κ2) is 4.27. The second-order valence-corrected chi connectivity index (χ2v) is 6.35. The van der Waals surface area contributed by atoms with Gasteiger partial charge in [-0.2, -0.15) is 0 Å². The minimum Gasteiger partial charge on any atom is -0.508 e. The Kier molecular flexibility index (Phi) is 2.86. The maximum atomic E-state index is 9.77. The van der Waals surface area contributed by atoms with Crippen molar-refractivity contribution in [2.75, 3.05) is 0 Å². The average Bonchev–Trinajstić information content (AvgIpc) is 2.35. The molecule has 0 radical (unpaired) electrons. The van der Waals surface area contributed by atoms with Crippen LogP contribution in [-0.2, 0) is 11.8 Å². The summed E-state index contributed by atoms with van der Waals surface area (Å²) in [5.41, 5.74) is 9.33. The van der Waals surface area contributed by atoms with Crippen LogP contribution in [0.5, 0.6) is 5.75 Å². The third-order valence-corrected chi connectivity index (χ3v) is 5.21. The first-order valence-electron chi connectivity index (χ1n) is 7.19. The van der Waals surface area contributed by atoms with E-state index in [2.05, 4.69) is 13.0 Å². The third kappa shape index (κ3) is 1.74. The molecule has 2 aliphatic carbocycles. The summed E-state index contributed by atoms with van der Waals surface area (Å²) < 4.78 is 0. The van der Waals surface area contributed by atoms with Crippen LogP contribution in [0, 0.1) is 5.92 Å². The van der Waals surface area contributed by atoms with E-state index in [0.29, 0.717) is 11.7 Å². The summed E-state index contributed by atoms with van der Waals surface area (Å²) in [5.74, 6) is 0.995. The summed E-state index contributed by atoms with van der Waals surface area (Å²) in [5, 5.41) is 9.77. The van der Waals surface area contributed by atoms with E-state index in [4.69, 9.17) is 5.73 Å². The molecule has 1 fully saturated rings. The highest BCUT2D eigenvalue weighted by atomic mass is 16.3. The summed E-state index contributed by atoms with van der Waals surface area (Å²) in [4.78, 5) is 0. The Morgan fingerprint density at radius 2 is 2.11 bits per heavy atom. The van der Waals surface area contributed by atoms with Crippen LogP contribution in [0.1, 0.15) is 50.2 Å². The number of phenolic OH excluding ortho intramolecular Hbond substituents is 1. The summed E-state index contributed by atoms with van der Waals surface area (Å²) in [6.07, 6.45) is 7.41. The van der Waals surface area contributed by atoms with Gasteiger partial charge in [0.25, 0.3) is 0 Å². The van der Waals surface area contributed by atoms with Gasteiger partial charge in [-0.3, -0.25) is 0 Å². The van der Waals surface area contributed by atoms with Crippen LogP contribution >= 0.6 is 0 Å². The molecule has 2 aliphatic rings. The van der Waals surface area contributed by atoms with Crippen LogP contribution in [0.3, 0.4) is 0 Å². The van der Waals surface area contributed by atoms with E-state index < -0.39 is 0 Å². The second-order valence-electron chi connectivity index (χ2n) is 6.35.